The third kappa shape index (κ3) is 3.21. The second-order valence-corrected chi connectivity index (χ2v) is 5.51. The molecule has 0 aliphatic carbocycles. The van der Waals surface area contributed by atoms with E-state index in [1.165, 1.54) is 18.6 Å². The van der Waals surface area contributed by atoms with Crippen molar-refractivity contribution in [1.82, 2.24) is 4.98 Å². The Kier molecular flexibility index (Phi) is 5.43. The van der Waals surface area contributed by atoms with Gasteiger partial charge in [0, 0.05) is 0 Å². The topological polar surface area (TPSA) is 12.0 Å². The molecular formula is C6H17NSi. The lowest BCUT2D eigenvalue weighted by molar-refractivity contribution is 0.961. The standard InChI is InChI=1S/C6H17NSi/c1-4-7-8(5-2)6-3/h7-8H,4-6H2,1-3H3. The van der Waals surface area contributed by atoms with Crippen molar-refractivity contribution in [2.45, 2.75) is 32.9 Å². The van der Waals surface area contributed by atoms with Gasteiger partial charge in [-0.15, -0.1) is 0 Å². The van der Waals surface area contributed by atoms with Crippen LogP contribution < -0.4 is 4.98 Å². The van der Waals surface area contributed by atoms with Crippen molar-refractivity contribution in [2.24, 2.45) is 0 Å². The summed E-state index contributed by atoms with van der Waals surface area (Å²) in [6.07, 6.45) is 0. The molecule has 0 heterocycles. The summed E-state index contributed by atoms with van der Waals surface area (Å²) in [6.45, 7) is 7.91. The van der Waals surface area contributed by atoms with Crippen LogP contribution in [0.3, 0.4) is 0 Å². The summed E-state index contributed by atoms with van der Waals surface area (Å²) in [5.41, 5.74) is 0. The lowest BCUT2D eigenvalue weighted by atomic mass is 10.8. The van der Waals surface area contributed by atoms with Gasteiger partial charge in [0.25, 0.3) is 0 Å². The zero-order chi connectivity index (χ0) is 6.41. The van der Waals surface area contributed by atoms with Gasteiger partial charge in [-0.1, -0.05) is 20.8 Å². The van der Waals surface area contributed by atoms with Gasteiger partial charge in [0.05, 0.1) is 0 Å². The van der Waals surface area contributed by atoms with Crippen LogP contribution in [0.4, 0.5) is 0 Å². The molecule has 8 heavy (non-hydrogen) atoms. The third-order valence-corrected chi connectivity index (χ3v) is 4.44. The van der Waals surface area contributed by atoms with Crippen LogP contribution in [0.2, 0.25) is 12.1 Å². The Morgan fingerprint density at radius 3 is 1.75 bits per heavy atom. The molecule has 0 aliphatic heterocycles. The Morgan fingerprint density at radius 2 is 1.62 bits per heavy atom. The van der Waals surface area contributed by atoms with E-state index in [-0.39, 0.29) is 0 Å². The quantitative estimate of drug-likeness (QED) is 0.568. The highest BCUT2D eigenvalue weighted by Crippen LogP contribution is 1.91. The molecule has 0 fully saturated rings. The van der Waals surface area contributed by atoms with E-state index in [9.17, 15) is 0 Å². The first-order valence-electron chi connectivity index (χ1n) is 3.58. The highest BCUT2D eigenvalue weighted by molar-refractivity contribution is 6.55. The summed E-state index contributed by atoms with van der Waals surface area (Å²) in [6, 6.07) is 2.79. The second-order valence-electron chi connectivity index (χ2n) is 2.07. The van der Waals surface area contributed by atoms with Gasteiger partial charge in [-0.25, -0.2) is 0 Å². The number of hydrogen-bond donors (Lipinski definition) is 1. The molecule has 0 spiro atoms. The minimum atomic E-state index is -0.442. The van der Waals surface area contributed by atoms with Crippen LogP contribution in [0.15, 0.2) is 0 Å². The SMILES string of the molecule is CCN[SiH](CC)CC. The molecule has 0 saturated carbocycles. The molecule has 0 bridgehead atoms. The molecule has 0 aromatic heterocycles. The number of hydrogen-bond acceptors (Lipinski definition) is 1. The van der Waals surface area contributed by atoms with Gasteiger partial charge >= 0.3 is 0 Å². The lowest BCUT2D eigenvalue weighted by Crippen LogP contribution is -2.31. The summed E-state index contributed by atoms with van der Waals surface area (Å²) >= 11 is 0. The van der Waals surface area contributed by atoms with Gasteiger partial charge in [-0.3, -0.25) is 0 Å². The van der Waals surface area contributed by atoms with Crippen LogP contribution in [0.25, 0.3) is 0 Å². The zero-order valence-electron chi connectivity index (χ0n) is 6.20. The fraction of sp³-hybridized carbons (Fsp3) is 1.00. The van der Waals surface area contributed by atoms with Crippen molar-refractivity contribution >= 4 is 8.96 Å². The minimum absolute atomic E-state index is 0.442. The fourth-order valence-corrected chi connectivity index (χ4v) is 2.60. The van der Waals surface area contributed by atoms with Gasteiger partial charge in [-0.2, -0.15) is 0 Å². The Morgan fingerprint density at radius 1 is 1.12 bits per heavy atom. The highest BCUT2D eigenvalue weighted by atomic mass is 28.3. The smallest absolute Gasteiger partial charge is 0.108 e. The van der Waals surface area contributed by atoms with Gasteiger partial charge in [0.2, 0.25) is 0 Å². The van der Waals surface area contributed by atoms with E-state index < -0.39 is 8.96 Å². The van der Waals surface area contributed by atoms with Crippen molar-refractivity contribution in [3.05, 3.63) is 0 Å². The van der Waals surface area contributed by atoms with Crippen LogP contribution >= 0.6 is 0 Å². The molecule has 2 heteroatoms. The molecule has 1 nitrogen and oxygen atoms in total. The molecule has 0 saturated heterocycles. The first-order valence-corrected chi connectivity index (χ1v) is 5.79. The summed E-state index contributed by atoms with van der Waals surface area (Å²) in [7, 11) is -0.442. The van der Waals surface area contributed by atoms with Gasteiger partial charge in [0.15, 0.2) is 0 Å². The molecule has 1 N–H and O–H groups in total. The maximum Gasteiger partial charge on any atom is 0.108 e. The maximum absolute atomic E-state index is 3.52. The van der Waals surface area contributed by atoms with E-state index in [0.29, 0.717) is 0 Å². The Labute approximate surface area is 54.2 Å². The van der Waals surface area contributed by atoms with E-state index in [2.05, 4.69) is 25.8 Å². The van der Waals surface area contributed by atoms with Crippen molar-refractivity contribution in [1.29, 1.82) is 0 Å². The fourth-order valence-electron chi connectivity index (χ4n) is 0.866. The van der Waals surface area contributed by atoms with Crippen LogP contribution in [0, 0.1) is 0 Å². The Hall–Kier alpha value is 0.177. The van der Waals surface area contributed by atoms with Crippen LogP contribution in [-0.4, -0.2) is 15.5 Å². The average molecular weight is 131 g/mol. The third-order valence-electron chi connectivity index (χ3n) is 1.48. The van der Waals surface area contributed by atoms with E-state index in [0.717, 1.165) is 0 Å². The van der Waals surface area contributed by atoms with Crippen LogP contribution in [-0.2, 0) is 0 Å². The zero-order valence-corrected chi connectivity index (χ0v) is 7.35. The molecule has 0 unspecified atom stereocenters. The molecule has 0 aliphatic rings. The predicted molar refractivity (Wildman–Crippen MR) is 41.8 cm³/mol. The van der Waals surface area contributed by atoms with Crippen LogP contribution in [0.5, 0.6) is 0 Å². The summed E-state index contributed by atoms with van der Waals surface area (Å²) in [5, 5.41) is 0. The molecular weight excluding hydrogens is 114 g/mol. The van der Waals surface area contributed by atoms with Gasteiger partial charge < -0.3 is 4.98 Å². The lowest BCUT2D eigenvalue weighted by Gasteiger charge is -2.09. The van der Waals surface area contributed by atoms with Gasteiger partial charge in [0.1, 0.15) is 8.96 Å². The molecule has 0 radical (unpaired) electrons. The molecule has 50 valence electrons. The van der Waals surface area contributed by atoms with Crippen molar-refractivity contribution in [2.75, 3.05) is 6.54 Å². The molecule has 0 rings (SSSR count). The largest absolute Gasteiger partial charge is 0.340 e. The summed E-state index contributed by atoms with van der Waals surface area (Å²) in [5.74, 6) is 0. The van der Waals surface area contributed by atoms with Crippen LogP contribution in [0.1, 0.15) is 20.8 Å². The Balaban J connectivity index is 3.07. The first kappa shape index (κ1) is 8.18. The average Bonchev–Trinajstić information content (AvgIpc) is 1.83. The van der Waals surface area contributed by atoms with E-state index in [1.54, 1.807) is 0 Å². The maximum atomic E-state index is 3.52. The number of rotatable bonds is 4. The van der Waals surface area contributed by atoms with Crippen molar-refractivity contribution < 1.29 is 0 Å². The number of nitrogens with one attached hydrogen (secondary N) is 1. The predicted octanol–water partition coefficient (Wildman–Crippen LogP) is 1.36. The molecule has 0 atom stereocenters. The minimum Gasteiger partial charge on any atom is -0.340 e. The Bertz CT molecular complexity index is 43.8. The van der Waals surface area contributed by atoms with Gasteiger partial charge in [-0.05, 0) is 18.6 Å². The highest BCUT2D eigenvalue weighted by Gasteiger charge is 2.00. The monoisotopic (exact) mass is 131 g/mol. The molecule has 0 amide bonds. The normalized spacial score (nSPS) is 10.5. The van der Waals surface area contributed by atoms with Crippen molar-refractivity contribution in [3.8, 4) is 0 Å². The first-order chi connectivity index (χ1) is 3.85. The van der Waals surface area contributed by atoms with Crippen molar-refractivity contribution in [3.63, 3.8) is 0 Å². The summed E-state index contributed by atoms with van der Waals surface area (Å²) < 4.78 is 0. The van der Waals surface area contributed by atoms with E-state index in [4.69, 9.17) is 0 Å². The van der Waals surface area contributed by atoms with E-state index in [1.807, 2.05) is 0 Å². The van der Waals surface area contributed by atoms with E-state index >= 15 is 0 Å². The second kappa shape index (κ2) is 5.32. The summed E-state index contributed by atoms with van der Waals surface area (Å²) in [4.78, 5) is 3.52. The molecule has 0 aromatic carbocycles. The molecule has 0 aromatic rings.